The second kappa shape index (κ2) is 21.9. The fourth-order valence-electron chi connectivity index (χ4n) is 10.0. The number of ether oxygens (including phenoxy) is 3. The first kappa shape index (κ1) is 50.1. The van der Waals surface area contributed by atoms with Gasteiger partial charge in [-0.25, -0.2) is 4.98 Å². The van der Waals surface area contributed by atoms with E-state index in [1.54, 1.807) is 56.5 Å². The number of carbonyl (C=O) groups is 4. The summed E-state index contributed by atoms with van der Waals surface area (Å²) in [5, 5.41) is 12.6. The Hall–Kier alpha value is -6.82. The molecule has 3 saturated heterocycles. The Bertz CT molecular complexity index is 2960. The zero-order valence-electron chi connectivity index (χ0n) is 40.9. The number of anilines is 6. The first-order valence-corrected chi connectivity index (χ1v) is 27.2. The molecule has 0 bridgehead atoms. The van der Waals surface area contributed by atoms with Crippen molar-refractivity contribution in [3.05, 3.63) is 70.4 Å². The molecule has 5 aliphatic rings. The number of amides is 4. The Morgan fingerprint density at radius 2 is 1.76 bits per heavy atom. The lowest BCUT2D eigenvalue weighted by molar-refractivity contribution is -0.137. The third-order valence-electron chi connectivity index (χ3n) is 13.6. The Morgan fingerprint density at radius 3 is 2.51 bits per heavy atom. The van der Waals surface area contributed by atoms with Crippen LogP contribution in [0.15, 0.2) is 48.7 Å². The summed E-state index contributed by atoms with van der Waals surface area (Å²) in [7, 11) is -1.30. The number of rotatable bonds is 13. The molecule has 3 fully saturated rings. The molecular formula is C52H58ClN10O8P. The molecule has 4 aromatic rings. The predicted molar refractivity (Wildman–Crippen MR) is 277 cm³/mol. The van der Waals surface area contributed by atoms with Gasteiger partial charge >= 0.3 is 0 Å². The number of nitrogens with zero attached hydrogens (tertiary/aromatic N) is 6. The first-order valence-electron chi connectivity index (χ1n) is 24.2. The number of aromatic nitrogens is 2. The molecule has 0 aliphatic carbocycles. The zero-order chi connectivity index (χ0) is 50.5. The molecule has 72 heavy (non-hydrogen) atoms. The minimum atomic E-state index is -2.88. The van der Waals surface area contributed by atoms with Crippen molar-refractivity contribution in [3.63, 3.8) is 0 Å². The lowest BCUT2D eigenvalue weighted by Crippen LogP contribution is -2.53. The third-order valence-corrected chi connectivity index (χ3v) is 15.4. The molecule has 20 heteroatoms. The lowest BCUT2D eigenvalue weighted by atomic mass is 10.0. The van der Waals surface area contributed by atoms with Crippen molar-refractivity contribution < 1.29 is 38.0 Å². The van der Waals surface area contributed by atoms with Crippen molar-refractivity contribution in [1.29, 1.82) is 0 Å². The van der Waals surface area contributed by atoms with Gasteiger partial charge in [0.25, 0.3) is 11.8 Å². The van der Waals surface area contributed by atoms with E-state index in [2.05, 4.69) is 69.6 Å². The summed E-state index contributed by atoms with van der Waals surface area (Å²) in [6, 6.07) is 12.5. The maximum Gasteiger partial charge on any atom is 0.300 e. The van der Waals surface area contributed by atoms with Crippen LogP contribution < -0.4 is 45.7 Å². The second-order valence-electron chi connectivity index (χ2n) is 18.6. The summed E-state index contributed by atoms with van der Waals surface area (Å²) in [6.07, 6.45) is 5.56. The summed E-state index contributed by atoms with van der Waals surface area (Å²) in [5.41, 5.74) is 4.59. The van der Waals surface area contributed by atoms with Gasteiger partial charge in [0.05, 0.1) is 41.4 Å². The molecule has 6 heterocycles. The summed E-state index contributed by atoms with van der Waals surface area (Å²) in [4.78, 5) is 68.5. The van der Waals surface area contributed by atoms with Crippen LogP contribution in [0.4, 0.5) is 34.5 Å². The largest absolute Gasteiger partial charge is 0.494 e. The van der Waals surface area contributed by atoms with Gasteiger partial charge in [0.15, 0.2) is 17.3 Å². The number of piperidine rings is 2. The van der Waals surface area contributed by atoms with E-state index in [-0.39, 0.29) is 35.0 Å². The molecule has 3 aromatic carbocycles. The molecule has 1 unspecified atom stereocenters. The maximum atomic E-state index is 13.6. The van der Waals surface area contributed by atoms with Crippen molar-refractivity contribution >= 4 is 82.2 Å². The number of fused-ring (bicyclic) bond motifs is 2. The van der Waals surface area contributed by atoms with Crippen LogP contribution in [0.3, 0.4) is 0 Å². The summed E-state index contributed by atoms with van der Waals surface area (Å²) < 4.78 is 31.2. The van der Waals surface area contributed by atoms with Crippen molar-refractivity contribution in [1.82, 2.24) is 30.0 Å². The highest BCUT2D eigenvalue weighted by molar-refractivity contribution is 7.70. The molecule has 0 spiro atoms. The molecule has 1 aromatic heterocycles. The van der Waals surface area contributed by atoms with E-state index in [0.717, 1.165) is 88.3 Å². The summed E-state index contributed by atoms with van der Waals surface area (Å²) in [6.45, 7) is 12.4. The molecule has 1 atom stereocenters. The van der Waals surface area contributed by atoms with E-state index >= 15 is 0 Å². The zero-order valence-corrected chi connectivity index (χ0v) is 42.5. The molecule has 4 amide bonds. The first-order chi connectivity index (χ1) is 34.8. The fourth-order valence-corrected chi connectivity index (χ4v) is 11.6. The molecule has 18 nitrogen and oxygen atoms in total. The number of carbonyl (C=O) groups excluding carboxylic acids is 4. The van der Waals surface area contributed by atoms with Gasteiger partial charge in [0, 0.05) is 81.9 Å². The highest BCUT2D eigenvalue weighted by Crippen LogP contribution is 2.47. The van der Waals surface area contributed by atoms with Crippen LogP contribution in [0, 0.1) is 23.7 Å². The predicted octanol–water partition coefficient (Wildman–Crippen LogP) is 5.79. The van der Waals surface area contributed by atoms with Crippen LogP contribution in [0.25, 0.3) is 0 Å². The number of hydrogen-bond donors (Lipinski definition) is 4. The van der Waals surface area contributed by atoms with E-state index < -0.39 is 25.0 Å². The number of benzene rings is 3. The van der Waals surface area contributed by atoms with Crippen molar-refractivity contribution in [2.24, 2.45) is 0 Å². The monoisotopic (exact) mass is 1020 g/mol. The Labute approximate surface area is 424 Å². The number of piperazine rings is 1. The highest BCUT2D eigenvalue weighted by Gasteiger charge is 2.40. The van der Waals surface area contributed by atoms with Gasteiger partial charge in [0.1, 0.15) is 37.2 Å². The molecule has 5 aliphatic heterocycles. The number of halogens is 1. The Morgan fingerprint density at radius 1 is 0.972 bits per heavy atom. The van der Waals surface area contributed by atoms with E-state index in [1.807, 2.05) is 18.2 Å². The van der Waals surface area contributed by atoms with Gasteiger partial charge < -0.3 is 49.4 Å². The van der Waals surface area contributed by atoms with Crippen molar-refractivity contribution in [2.45, 2.75) is 64.1 Å². The van der Waals surface area contributed by atoms with Crippen LogP contribution in [0.5, 0.6) is 17.2 Å². The van der Waals surface area contributed by atoms with E-state index in [1.165, 1.54) is 6.20 Å². The van der Waals surface area contributed by atoms with Gasteiger partial charge in [-0.05, 0) is 94.3 Å². The van der Waals surface area contributed by atoms with Crippen LogP contribution >= 0.6 is 18.7 Å². The van der Waals surface area contributed by atoms with Gasteiger partial charge in [0.2, 0.25) is 17.8 Å². The minimum absolute atomic E-state index is 0.191. The Kier molecular flexibility index (Phi) is 15.2. The average Bonchev–Trinajstić information content (AvgIpc) is 3.70. The van der Waals surface area contributed by atoms with Crippen LogP contribution in [0.1, 0.15) is 66.9 Å². The van der Waals surface area contributed by atoms with Crippen molar-refractivity contribution in [2.75, 3.05) is 100 Å². The average molecular weight is 1020 g/mol. The standard InChI is InChI=1S/C52H58ClN10O8P/c1-5-10-45(64)55-39-29-40(57-52-54-31-37(53)49(59-52)56-38-14-16-43-47(71-28-27-70-43)48(38)72(3,4)68)44(69-2)30-42(39)62-21-18-34(19-22-62)61-25-23-60(24-26-61)20-8-6-7-11-33-12-9-13-35-36(33)32-63(51(35)67)41-15-17-46(65)58-50(41)66/h9,12-14,16,29-31,34,41H,6,8,15,17-28,32H2,1-4H3,(H,55,64)(H,58,65,66)(H2,54,56,57,59). The summed E-state index contributed by atoms with van der Waals surface area (Å²) >= 11 is 6.63. The molecule has 376 valence electrons. The minimum Gasteiger partial charge on any atom is -0.494 e. The van der Waals surface area contributed by atoms with Crippen LogP contribution in [-0.4, -0.2) is 140 Å². The number of unbranched alkanes of at least 4 members (excludes halogenated alkanes) is 1. The third kappa shape index (κ3) is 11.1. The molecule has 0 saturated carbocycles. The second-order valence-corrected chi connectivity index (χ2v) is 22.2. The molecular weight excluding hydrogens is 959 g/mol. The number of nitrogens with one attached hydrogen (secondary N) is 4. The quantitative estimate of drug-likeness (QED) is 0.0543. The fraction of sp³-hybridized carbons (Fsp3) is 0.423. The topological polar surface area (TPSA) is 200 Å². The SMILES string of the molecule is CC#CC(=O)Nc1cc(Nc2ncc(Cl)c(Nc3ccc4c(c3P(C)(C)=O)OCCO4)n2)c(OC)cc1N1CCC(N2CCN(CCCC#Cc3cccc4c3CN(C3CCC(=O)NC3=O)C4=O)CC2)CC1. The number of hydrogen-bond acceptors (Lipinski definition) is 15. The van der Waals surface area contributed by atoms with Gasteiger partial charge in [-0.2, -0.15) is 4.98 Å². The molecule has 9 rings (SSSR count). The molecule has 4 N–H and O–H groups in total. The van der Waals surface area contributed by atoms with Crippen molar-refractivity contribution in [3.8, 4) is 40.9 Å². The molecule has 0 radical (unpaired) electrons. The van der Waals surface area contributed by atoms with E-state index in [0.29, 0.717) is 77.4 Å². The van der Waals surface area contributed by atoms with Gasteiger partial charge in [-0.3, -0.25) is 29.4 Å². The lowest BCUT2D eigenvalue weighted by Gasteiger charge is -2.43. The number of methoxy groups -OCH3 is 1. The van der Waals surface area contributed by atoms with Gasteiger partial charge in [-0.1, -0.05) is 35.4 Å². The normalized spacial score (nSPS) is 18.3. The smallest absolute Gasteiger partial charge is 0.300 e. The van der Waals surface area contributed by atoms with E-state index in [4.69, 9.17) is 25.8 Å². The van der Waals surface area contributed by atoms with Crippen LogP contribution in [0.2, 0.25) is 5.02 Å². The maximum absolute atomic E-state index is 13.6. The Balaban J connectivity index is 0.797. The van der Waals surface area contributed by atoms with Gasteiger partial charge in [-0.15, -0.1) is 0 Å². The summed E-state index contributed by atoms with van der Waals surface area (Å²) in [5.74, 6) is 12.5. The van der Waals surface area contributed by atoms with Crippen LogP contribution in [-0.2, 0) is 25.5 Å². The number of imide groups is 1. The highest BCUT2D eigenvalue weighted by atomic mass is 35.5. The van der Waals surface area contributed by atoms with E-state index in [9.17, 15) is 23.7 Å².